The summed E-state index contributed by atoms with van der Waals surface area (Å²) in [5, 5.41) is 8.81. The van der Waals surface area contributed by atoms with Gasteiger partial charge < -0.3 is 5.11 Å². The molecule has 1 atom stereocenters. The van der Waals surface area contributed by atoms with E-state index in [0.29, 0.717) is 0 Å². The fourth-order valence-corrected chi connectivity index (χ4v) is 0. The lowest BCUT2D eigenvalue weighted by molar-refractivity contribution is -0.482. The van der Waals surface area contributed by atoms with Gasteiger partial charge in [-0.3, -0.25) is 4.39 Å². The molecule has 0 saturated carbocycles. The fraction of sp³-hybridized carbons (Fsp3) is 1.00. The summed E-state index contributed by atoms with van der Waals surface area (Å²) >= 11 is 0. The van der Waals surface area contributed by atoms with Crippen LogP contribution in [0, 0.1) is 0 Å². The molecule has 0 aromatic heterocycles. The summed E-state index contributed by atoms with van der Waals surface area (Å²) in [5.41, 5.74) is 0. The molecule has 6 heavy (non-hydrogen) atoms. The van der Waals surface area contributed by atoms with E-state index in [0.717, 1.165) is 0 Å². The van der Waals surface area contributed by atoms with Gasteiger partial charge in [-0.1, -0.05) is 0 Å². The van der Waals surface area contributed by atoms with E-state index >= 15 is 0 Å². The molecule has 0 aromatic rings. The number of hydrogen-bond acceptors (Lipinski definition) is 1. The van der Waals surface area contributed by atoms with Crippen molar-refractivity contribution in [2.24, 2.45) is 0 Å². The van der Waals surface area contributed by atoms with Crippen LogP contribution in [0.3, 0.4) is 0 Å². The molecule has 0 aliphatic heterocycles. The van der Waals surface area contributed by atoms with Gasteiger partial charge in [-0.15, -0.1) is 0 Å². The van der Waals surface area contributed by atoms with E-state index < -0.39 is 12.8 Å². The molecule has 0 rings (SSSR count). The van der Waals surface area contributed by atoms with E-state index in [1.807, 2.05) is 0 Å². The standard InChI is InChI=1S/C2H2F3O/c3-1(4)2(5)6/h1-2H/q-1. The van der Waals surface area contributed by atoms with Gasteiger partial charge in [0.25, 0.3) is 6.43 Å². The fourth-order valence-electron chi connectivity index (χ4n) is 0. The number of halogens is 3. The molecule has 0 heterocycles. The Kier molecular flexibility index (Phi) is 1.94. The molecule has 0 bridgehead atoms. The van der Waals surface area contributed by atoms with Gasteiger partial charge in [-0.2, -0.15) is 0 Å². The lowest BCUT2D eigenvalue weighted by Crippen LogP contribution is -2.26. The van der Waals surface area contributed by atoms with Crippen molar-refractivity contribution in [3.05, 3.63) is 0 Å². The minimum atomic E-state index is -3.37. The van der Waals surface area contributed by atoms with E-state index in [9.17, 15) is 13.2 Å². The lowest BCUT2D eigenvalue weighted by Gasteiger charge is -2.07. The van der Waals surface area contributed by atoms with Gasteiger partial charge >= 0.3 is 0 Å². The van der Waals surface area contributed by atoms with Crippen molar-refractivity contribution in [3.8, 4) is 0 Å². The third-order valence-electron chi connectivity index (χ3n) is 0.198. The molecule has 0 fully saturated rings. The van der Waals surface area contributed by atoms with Crippen LogP contribution in [0.2, 0.25) is 0 Å². The predicted octanol–water partition coefficient (Wildman–Crippen LogP) is -0.0926. The normalized spacial score (nSPS) is 15.5. The van der Waals surface area contributed by atoms with Crippen LogP contribution >= 0.6 is 0 Å². The average Bonchev–Trinajstić information content (AvgIpc) is 1.36. The summed E-state index contributed by atoms with van der Waals surface area (Å²) in [6, 6.07) is 0. The summed E-state index contributed by atoms with van der Waals surface area (Å²) in [7, 11) is 0. The molecule has 0 saturated heterocycles. The number of rotatable bonds is 1. The van der Waals surface area contributed by atoms with E-state index in [1.165, 1.54) is 0 Å². The Hall–Kier alpha value is -0.250. The zero-order valence-electron chi connectivity index (χ0n) is 2.70. The molecule has 0 aliphatic rings. The first-order chi connectivity index (χ1) is 2.64. The van der Waals surface area contributed by atoms with Gasteiger partial charge in [0.1, 0.15) is 0 Å². The minimum Gasteiger partial charge on any atom is -0.823 e. The van der Waals surface area contributed by atoms with Crippen molar-refractivity contribution in [3.63, 3.8) is 0 Å². The van der Waals surface area contributed by atoms with E-state index in [2.05, 4.69) is 0 Å². The van der Waals surface area contributed by atoms with E-state index in [4.69, 9.17) is 5.11 Å². The van der Waals surface area contributed by atoms with Crippen molar-refractivity contribution in [2.75, 3.05) is 0 Å². The van der Waals surface area contributed by atoms with Crippen LogP contribution in [0.4, 0.5) is 13.2 Å². The molecule has 0 amide bonds. The van der Waals surface area contributed by atoms with Crippen molar-refractivity contribution in [1.29, 1.82) is 0 Å². The van der Waals surface area contributed by atoms with Gasteiger partial charge in [0, 0.05) is 0 Å². The maximum absolute atomic E-state index is 10.5. The van der Waals surface area contributed by atoms with Gasteiger partial charge in [-0.25, -0.2) is 8.78 Å². The highest BCUT2D eigenvalue weighted by atomic mass is 19.3. The van der Waals surface area contributed by atoms with E-state index in [1.54, 1.807) is 0 Å². The average molecular weight is 99.0 g/mol. The van der Waals surface area contributed by atoms with Gasteiger partial charge in [0.2, 0.25) is 0 Å². The van der Waals surface area contributed by atoms with Crippen LogP contribution in [-0.2, 0) is 0 Å². The van der Waals surface area contributed by atoms with Crippen LogP contribution in [0.5, 0.6) is 0 Å². The molecule has 0 aliphatic carbocycles. The Morgan fingerprint density at radius 1 is 1.17 bits per heavy atom. The van der Waals surface area contributed by atoms with Crippen LogP contribution in [0.25, 0.3) is 0 Å². The molecular formula is C2H2F3O-. The van der Waals surface area contributed by atoms with Gasteiger partial charge in [-0.05, 0) is 0 Å². The van der Waals surface area contributed by atoms with E-state index in [-0.39, 0.29) is 0 Å². The predicted molar refractivity (Wildman–Crippen MR) is 10.9 cm³/mol. The lowest BCUT2D eigenvalue weighted by atomic mass is 10.7. The first-order valence-electron chi connectivity index (χ1n) is 1.22. The van der Waals surface area contributed by atoms with Gasteiger partial charge in [0.15, 0.2) is 0 Å². The third kappa shape index (κ3) is 2.02. The van der Waals surface area contributed by atoms with Crippen molar-refractivity contribution in [2.45, 2.75) is 12.8 Å². The Labute approximate surface area is 32.4 Å². The Balaban J connectivity index is 2.99. The van der Waals surface area contributed by atoms with Crippen molar-refractivity contribution in [1.82, 2.24) is 0 Å². The highest BCUT2D eigenvalue weighted by molar-refractivity contribution is 4.32. The van der Waals surface area contributed by atoms with Gasteiger partial charge in [0.05, 0.1) is 6.36 Å². The molecule has 0 spiro atoms. The monoisotopic (exact) mass is 99.0 g/mol. The molecule has 1 nitrogen and oxygen atoms in total. The van der Waals surface area contributed by atoms with Crippen LogP contribution in [0.15, 0.2) is 0 Å². The second kappa shape index (κ2) is 2.02. The Bertz CT molecular complexity index is 29.8. The zero-order chi connectivity index (χ0) is 5.15. The number of alkyl halides is 3. The summed E-state index contributed by atoms with van der Waals surface area (Å²) < 4.78 is 31.5. The first-order valence-corrected chi connectivity index (χ1v) is 1.22. The second-order valence-corrected chi connectivity index (χ2v) is 0.686. The molecular weight excluding hydrogens is 97.0 g/mol. The maximum Gasteiger partial charge on any atom is 0.254 e. The van der Waals surface area contributed by atoms with Crippen molar-refractivity contribution < 1.29 is 18.3 Å². The zero-order valence-corrected chi connectivity index (χ0v) is 2.70. The largest absolute Gasteiger partial charge is 0.823 e. The highest BCUT2D eigenvalue weighted by Gasteiger charge is 2.03. The number of hydrogen-bond donors (Lipinski definition) is 0. The highest BCUT2D eigenvalue weighted by Crippen LogP contribution is 1.95. The quantitative estimate of drug-likeness (QED) is 0.450. The second-order valence-electron chi connectivity index (χ2n) is 0.686. The van der Waals surface area contributed by atoms with Crippen LogP contribution in [0.1, 0.15) is 0 Å². The summed E-state index contributed by atoms with van der Waals surface area (Å²) in [4.78, 5) is 0. The summed E-state index contributed by atoms with van der Waals surface area (Å²) in [6.45, 7) is 0. The molecule has 0 radical (unpaired) electrons. The summed E-state index contributed by atoms with van der Waals surface area (Å²) in [5.74, 6) is 0. The summed E-state index contributed by atoms with van der Waals surface area (Å²) in [6.07, 6.45) is -6.60. The van der Waals surface area contributed by atoms with Crippen molar-refractivity contribution >= 4 is 0 Å². The van der Waals surface area contributed by atoms with Crippen LogP contribution in [-0.4, -0.2) is 12.8 Å². The maximum atomic E-state index is 10.5. The SMILES string of the molecule is [O-]C(F)C(F)F. The minimum absolute atomic E-state index is 3.23. The molecule has 38 valence electrons. The smallest absolute Gasteiger partial charge is 0.254 e. The molecule has 0 aromatic carbocycles. The Morgan fingerprint density at radius 3 is 1.33 bits per heavy atom. The molecule has 0 N–H and O–H groups in total. The molecule has 1 unspecified atom stereocenters. The Morgan fingerprint density at radius 2 is 1.33 bits per heavy atom. The third-order valence-corrected chi connectivity index (χ3v) is 0.198. The van der Waals surface area contributed by atoms with Crippen LogP contribution < -0.4 is 5.11 Å². The topological polar surface area (TPSA) is 23.1 Å². The molecule has 4 heteroatoms. The first kappa shape index (κ1) is 5.75.